The molecule has 31 heavy (non-hydrogen) atoms. The summed E-state index contributed by atoms with van der Waals surface area (Å²) in [5, 5.41) is 0. The third-order valence-corrected chi connectivity index (χ3v) is 6.04. The minimum absolute atomic E-state index is 0.0123. The van der Waals surface area contributed by atoms with E-state index in [1.807, 2.05) is 29.2 Å². The SMILES string of the molecule is CC(C)(C)c1ccc2c(c1)N(CC(=O)N1CCN(Cc3ccccc3)CC1)C(=O)CO2. The number of carbonyl (C=O) groups excluding carboxylic acids is 2. The lowest BCUT2D eigenvalue weighted by Crippen LogP contribution is -2.52. The van der Waals surface area contributed by atoms with Crippen LogP contribution in [0.4, 0.5) is 5.69 Å². The number of piperazine rings is 1. The number of anilines is 1. The number of carbonyl (C=O) groups is 2. The van der Waals surface area contributed by atoms with Gasteiger partial charge in [-0.1, -0.05) is 57.2 Å². The molecule has 0 N–H and O–H groups in total. The van der Waals surface area contributed by atoms with E-state index < -0.39 is 0 Å². The Morgan fingerprint density at radius 3 is 2.39 bits per heavy atom. The summed E-state index contributed by atoms with van der Waals surface area (Å²) in [6.45, 7) is 10.3. The van der Waals surface area contributed by atoms with Crippen LogP contribution in [0.5, 0.6) is 5.75 Å². The number of ether oxygens (including phenoxy) is 1. The molecule has 0 bridgehead atoms. The van der Waals surface area contributed by atoms with Crippen LogP contribution in [0.15, 0.2) is 48.5 Å². The average molecular weight is 422 g/mol. The van der Waals surface area contributed by atoms with Crippen LogP contribution >= 0.6 is 0 Å². The van der Waals surface area contributed by atoms with Gasteiger partial charge in [0, 0.05) is 32.7 Å². The van der Waals surface area contributed by atoms with Crippen LogP contribution in [0, 0.1) is 0 Å². The van der Waals surface area contributed by atoms with Gasteiger partial charge >= 0.3 is 0 Å². The van der Waals surface area contributed by atoms with Gasteiger partial charge in [-0.25, -0.2) is 0 Å². The fraction of sp³-hybridized carbons (Fsp3) is 0.440. The lowest BCUT2D eigenvalue weighted by Gasteiger charge is -2.37. The van der Waals surface area contributed by atoms with Crippen LogP contribution in [-0.4, -0.2) is 60.9 Å². The normalized spacial score (nSPS) is 17.3. The van der Waals surface area contributed by atoms with Gasteiger partial charge < -0.3 is 9.64 Å². The molecule has 4 rings (SSSR count). The molecular formula is C25H31N3O3. The van der Waals surface area contributed by atoms with Crippen molar-refractivity contribution in [2.45, 2.75) is 32.7 Å². The molecule has 2 aromatic carbocycles. The van der Waals surface area contributed by atoms with Crippen molar-refractivity contribution in [2.24, 2.45) is 0 Å². The van der Waals surface area contributed by atoms with Crippen molar-refractivity contribution in [3.05, 3.63) is 59.7 Å². The van der Waals surface area contributed by atoms with Crippen LogP contribution in [0.25, 0.3) is 0 Å². The van der Waals surface area contributed by atoms with Gasteiger partial charge in [0.25, 0.3) is 5.91 Å². The highest BCUT2D eigenvalue weighted by Crippen LogP contribution is 2.36. The fourth-order valence-electron chi connectivity index (χ4n) is 4.07. The van der Waals surface area contributed by atoms with Crippen LogP contribution in [0.3, 0.4) is 0 Å². The number of rotatable bonds is 4. The number of fused-ring (bicyclic) bond motifs is 1. The Morgan fingerprint density at radius 1 is 1.00 bits per heavy atom. The second kappa shape index (κ2) is 8.71. The first-order valence-corrected chi connectivity index (χ1v) is 10.9. The summed E-state index contributed by atoms with van der Waals surface area (Å²) in [5.74, 6) is 0.476. The molecule has 0 atom stereocenters. The second-order valence-electron chi connectivity index (χ2n) is 9.34. The lowest BCUT2D eigenvalue weighted by atomic mass is 9.86. The van der Waals surface area contributed by atoms with Gasteiger partial charge in [0.05, 0.1) is 5.69 Å². The maximum Gasteiger partial charge on any atom is 0.265 e. The zero-order chi connectivity index (χ0) is 22.0. The van der Waals surface area contributed by atoms with E-state index in [0.29, 0.717) is 24.5 Å². The predicted octanol–water partition coefficient (Wildman–Crippen LogP) is 3.05. The highest BCUT2D eigenvalue weighted by Gasteiger charge is 2.31. The summed E-state index contributed by atoms with van der Waals surface area (Å²) in [4.78, 5) is 31.5. The Balaban J connectivity index is 1.40. The molecule has 0 saturated carbocycles. The van der Waals surface area contributed by atoms with Crippen LogP contribution in [0.1, 0.15) is 31.9 Å². The number of amides is 2. The topological polar surface area (TPSA) is 53.1 Å². The zero-order valence-electron chi connectivity index (χ0n) is 18.6. The van der Waals surface area contributed by atoms with Crippen molar-refractivity contribution in [3.8, 4) is 5.75 Å². The van der Waals surface area contributed by atoms with E-state index in [0.717, 1.165) is 25.2 Å². The summed E-state index contributed by atoms with van der Waals surface area (Å²) >= 11 is 0. The lowest BCUT2D eigenvalue weighted by molar-refractivity contribution is -0.133. The highest BCUT2D eigenvalue weighted by molar-refractivity contribution is 6.02. The summed E-state index contributed by atoms with van der Waals surface area (Å²) in [7, 11) is 0. The van der Waals surface area contributed by atoms with Crippen LogP contribution in [0.2, 0.25) is 0 Å². The van der Waals surface area contributed by atoms with Crippen molar-refractivity contribution >= 4 is 17.5 Å². The molecule has 2 aliphatic heterocycles. The summed E-state index contributed by atoms with van der Waals surface area (Å²) < 4.78 is 5.61. The standard InChI is InChI=1S/C25H31N3O3/c1-25(2,3)20-9-10-22-21(15-20)28(24(30)18-31-22)17-23(29)27-13-11-26(12-14-27)16-19-7-5-4-6-8-19/h4-10,15H,11-14,16-18H2,1-3H3. The molecule has 2 aliphatic rings. The Morgan fingerprint density at radius 2 is 1.71 bits per heavy atom. The highest BCUT2D eigenvalue weighted by atomic mass is 16.5. The smallest absolute Gasteiger partial charge is 0.265 e. The van der Waals surface area contributed by atoms with Crippen molar-refractivity contribution in [3.63, 3.8) is 0 Å². The first kappa shape index (κ1) is 21.4. The Bertz CT molecular complexity index is 944. The van der Waals surface area contributed by atoms with Gasteiger partial charge in [-0.05, 0) is 28.7 Å². The quantitative estimate of drug-likeness (QED) is 0.762. The average Bonchev–Trinajstić information content (AvgIpc) is 2.76. The van der Waals surface area contributed by atoms with Crippen molar-refractivity contribution in [1.82, 2.24) is 9.80 Å². The molecule has 0 radical (unpaired) electrons. The van der Waals surface area contributed by atoms with E-state index >= 15 is 0 Å². The van der Waals surface area contributed by atoms with E-state index in [2.05, 4.69) is 49.9 Å². The largest absolute Gasteiger partial charge is 0.482 e. The first-order valence-electron chi connectivity index (χ1n) is 10.9. The Kier molecular flexibility index (Phi) is 6.01. The Hall–Kier alpha value is -2.86. The van der Waals surface area contributed by atoms with Crippen molar-refractivity contribution in [2.75, 3.05) is 44.2 Å². The third-order valence-electron chi connectivity index (χ3n) is 6.04. The van der Waals surface area contributed by atoms with Gasteiger partial charge in [-0.3, -0.25) is 19.4 Å². The summed E-state index contributed by atoms with van der Waals surface area (Å²) in [6.07, 6.45) is 0. The molecule has 6 nitrogen and oxygen atoms in total. The van der Waals surface area contributed by atoms with E-state index in [1.165, 1.54) is 5.56 Å². The number of hydrogen-bond acceptors (Lipinski definition) is 4. The molecule has 0 spiro atoms. The number of hydrogen-bond donors (Lipinski definition) is 0. The van der Waals surface area contributed by atoms with Gasteiger partial charge in [0.1, 0.15) is 12.3 Å². The molecule has 2 amide bonds. The van der Waals surface area contributed by atoms with E-state index in [9.17, 15) is 9.59 Å². The van der Waals surface area contributed by atoms with Crippen molar-refractivity contribution in [1.29, 1.82) is 0 Å². The molecule has 0 unspecified atom stereocenters. The van der Waals surface area contributed by atoms with E-state index in [-0.39, 0.29) is 30.4 Å². The fourth-order valence-corrected chi connectivity index (χ4v) is 4.07. The summed E-state index contributed by atoms with van der Waals surface area (Å²) in [5.41, 5.74) is 3.03. The molecule has 6 heteroatoms. The molecule has 2 aromatic rings. The van der Waals surface area contributed by atoms with Gasteiger partial charge in [-0.15, -0.1) is 0 Å². The number of nitrogens with zero attached hydrogens (tertiary/aromatic N) is 3. The minimum atomic E-state index is -0.172. The number of benzene rings is 2. The molecule has 0 aliphatic carbocycles. The molecule has 1 saturated heterocycles. The van der Waals surface area contributed by atoms with Crippen LogP contribution in [-0.2, 0) is 21.5 Å². The zero-order valence-corrected chi connectivity index (χ0v) is 18.6. The molecule has 164 valence electrons. The summed E-state index contributed by atoms with van der Waals surface area (Å²) in [6, 6.07) is 16.3. The maximum atomic E-state index is 13.0. The van der Waals surface area contributed by atoms with Gasteiger partial charge in [-0.2, -0.15) is 0 Å². The maximum absolute atomic E-state index is 13.0. The monoisotopic (exact) mass is 421 g/mol. The predicted molar refractivity (Wildman–Crippen MR) is 121 cm³/mol. The molecule has 1 fully saturated rings. The van der Waals surface area contributed by atoms with Gasteiger partial charge in [0.15, 0.2) is 6.61 Å². The Labute approximate surface area is 184 Å². The third kappa shape index (κ3) is 4.90. The molecular weight excluding hydrogens is 390 g/mol. The van der Waals surface area contributed by atoms with Crippen LogP contribution < -0.4 is 9.64 Å². The second-order valence-corrected chi connectivity index (χ2v) is 9.34. The molecule has 0 aromatic heterocycles. The first-order chi connectivity index (χ1) is 14.8. The minimum Gasteiger partial charge on any atom is -0.482 e. The van der Waals surface area contributed by atoms with E-state index in [1.54, 1.807) is 4.90 Å². The van der Waals surface area contributed by atoms with Crippen molar-refractivity contribution < 1.29 is 14.3 Å². The molecule has 2 heterocycles. The van der Waals surface area contributed by atoms with Gasteiger partial charge in [0.2, 0.25) is 5.91 Å². The van der Waals surface area contributed by atoms with E-state index in [4.69, 9.17) is 4.74 Å².